The Morgan fingerprint density at radius 1 is 1.56 bits per heavy atom. The fourth-order valence-electron chi connectivity index (χ4n) is 1.46. The molecule has 1 unspecified atom stereocenters. The molecule has 0 aliphatic rings. The summed E-state index contributed by atoms with van der Waals surface area (Å²) >= 11 is 3.41. The average Bonchev–Trinajstić information content (AvgIpc) is 2.28. The number of rotatable bonds is 4. The Morgan fingerprint density at radius 3 is 2.75 bits per heavy atom. The minimum absolute atomic E-state index is 0.00120. The molecule has 1 rings (SSSR count). The van der Waals surface area contributed by atoms with E-state index >= 15 is 0 Å². The first kappa shape index (κ1) is 13.0. The number of halogens is 1. The molecule has 86 valence electrons. The fourth-order valence-corrected chi connectivity index (χ4v) is 1.95. The van der Waals surface area contributed by atoms with E-state index in [0.29, 0.717) is 6.54 Å². The van der Waals surface area contributed by atoms with Crippen molar-refractivity contribution in [2.75, 3.05) is 18.5 Å². The predicted molar refractivity (Wildman–Crippen MR) is 68.1 cm³/mol. The molecule has 0 saturated carbocycles. The van der Waals surface area contributed by atoms with E-state index in [1.165, 1.54) is 0 Å². The summed E-state index contributed by atoms with van der Waals surface area (Å²) in [4.78, 5) is 2.03. The number of anilines is 1. The molecule has 0 amide bonds. The second kappa shape index (κ2) is 5.88. The first-order valence-corrected chi connectivity index (χ1v) is 5.87. The summed E-state index contributed by atoms with van der Waals surface area (Å²) in [5.41, 5.74) is 1.90. The Morgan fingerprint density at radius 2 is 2.25 bits per heavy atom. The molecule has 0 bridgehead atoms. The van der Waals surface area contributed by atoms with Gasteiger partial charge >= 0.3 is 0 Å². The zero-order chi connectivity index (χ0) is 12.1. The maximum atomic E-state index is 9.04. The lowest BCUT2D eigenvalue weighted by Gasteiger charge is -2.21. The minimum Gasteiger partial charge on any atom is -0.392 e. The summed E-state index contributed by atoms with van der Waals surface area (Å²) in [5, 5.41) is 17.8. The zero-order valence-corrected chi connectivity index (χ0v) is 11.0. The molecule has 1 N–H and O–H groups in total. The van der Waals surface area contributed by atoms with Gasteiger partial charge in [-0.3, -0.25) is 0 Å². The van der Waals surface area contributed by atoms with Gasteiger partial charge < -0.3 is 10.0 Å². The maximum Gasteiger partial charge on any atom is 0.0692 e. The number of benzene rings is 1. The van der Waals surface area contributed by atoms with Crippen molar-refractivity contribution in [1.29, 1.82) is 5.26 Å². The summed E-state index contributed by atoms with van der Waals surface area (Å²) in [6, 6.07) is 7.99. The van der Waals surface area contributed by atoms with Crippen LogP contribution < -0.4 is 4.90 Å². The summed E-state index contributed by atoms with van der Waals surface area (Å²) < 4.78 is 0.893. The monoisotopic (exact) mass is 282 g/mol. The number of aliphatic hydroxyl groups excluding tert-OH is 1. The largest absolute Gasteiger partial charge is 0.392 e. The van der Waals surface area contributed by atoms with Crippen molar-refractivity contribution in [3.8, 4) is 6.07 Å². The lowest BCUT2D eigenvalue weighted by atomic mass is 10.1. The molecule has 0 aromatic heterocycles. The van der Waals surface area contributed by atoms with Gasteiger partial charge in [-0.05, 0) is 24.6 Å². The normalized spacial score (nSPS) is 11.9. The number of hydrogen-bond donors (Lipinski definition) is 1. The summed E-state index contributed by atoms with van der Waals surface area (Å²) in [6.07, 6.45) is 0. The van der Waals surface area contributed by atoms with Gasteiger partial charge in [0.15, 0.2) is 0 Å². The second-order valence-electron chi connectivity index (χ2n) is 3.84. The van der Waals surface area contributed by atoms with Crippen LogP contribution in [-0.4, -0.2) is 18.7 Å². The van der Waals surface area contributed by atoms with E-state index in [9.17, 15) is 0 Å². The smallest absolute Gasteiger partial charge is 0.0692 e. The lowest BCUT2D eigenvalue weighted by molar-refractivity contribution is 0.281. The quantitative estimate of drug-likeness (QED) is 0.923. The Hall–Kier alpha value is -1.05. The van der Waals surface area contributed by atoms with Gasteiger partial charge in [0.05, 0.1) is 18.6 Å². The van der Waals surface area contributed by atoms with Crippen molar-refractivity contribution in [3.05, 3.63) is 28.2 Å². The summed E-state index contributed by atoms with van der Waals surface area (Å²) in [6.45, 7) is 2.62. The molecule has 1 aromatic carbocycles. The van der Waals surface area contributed by atoms with Gasteiger partial charge in [0.25, 0.3) is 0 Å². The van der Waals surface area contributed by atoms with Crippen LogP contribution in [-0.2, 0) is 6.61 Å². The standard InChI is InChI=1S/C12H15BrN2O/c1-9(6-14)7-15(2)11-4-3-10(8-16)12(13)5-11/h3-5,9,16H,7-8H2,1-2H3. The van der Waals surface area contributed by atoms with Gasteiger partial charge in [-0.15, -0.1) is 0 Å². The number of nitriles is 1. The minimum atomic E-state index is 0.00120. The number of aliphatic hydroxyl groups is 1. The van der Waals surface area contributed by atoms with Gasteiger partial charge in [-0.1, -0.05) is 22.0 Å². The number of nitrogens with zero attached hydrogens (tertiary/aromatic N) is 2. The third-order valence-corrected chi connectivity index (χ3v) is 3.15. The molecule has 0 saturated heterocycles. The van der Waals surface area contributed by atoms with Crippen LogP contribution >= 0.6 is 15.9 Å². The van der Waals surface area contributed by atoms with Crippen LogP contribution in [0, 0.1) is 17.2 Å². The molecule has 0 radical (unpaired) electrons. The zero-order valence-electron chi connectivity index (χ0n) is 9.44. The second-order valence-corrected chi connectivity index (χ2v) is 4.70. The average molecular weight is 283 g/mol. The van der Waals surface area contributed by atoms with Crippen molar-refractivity contribution in [2.45, 2.75) is 13.5 Å². The van der Waals surface area contributed by atoms with Crippen LogP contribution in [0.5, 0.6) is 0 Å². The first-order valence-electron chi connectivity index (χ1n) is 5.08. The fraction of sp³-hybridized carbons (Fsp3) is 0.417. The van der Waals surface area contributed by atoms with Crippen molar-refractivity contribution in [1.82, 2.24) is 0 Å². The Bertz CT molecular complexity index is 400. The molecule has 0 spiro atoms. The molecule has 0 heterocycles. The first-order chi connectivity index (χ1) is 7.58. The highest BCUT2D eigenvalue weighted by Gasteiger charge is 2.08. The Balaban J connectivity index is 2.81. The third-order valence-electron chi connectivity index (χ3n) is 2.42. The topological polar surface area (TPSA) is 47.3 Å². The van der Waals surface area contributed by atoms with Crippen LogP contribution in [0.1, 0.15) is 12.5 Å². The maximum absolute atomic E-state index is 9.04. The highest BCUT2D eigenvalue weighted by molar-refractivity contribution is 9.10. The van der Waals surface area contributed by atoms with Crippen LogP contribution in [0.3, 0.4) is 0 Å². The van der Waals surface area contributed by atoms with Crippen molar-refractivity contribution in [2.24, 2.45) is 5.92 Å². The molecule has 3 nitrogen and oxygen atoms in total. The summed E-state index contributed by atoms with van der Waals surface area (Å²) in [5.74, 6) is 0.00120. The SMILES string of the molecule is CC(C#N)CN(C)c1ccc(CO)c(Br)c1. The van der Waals surface area contributed by atoms with Crippen molar-refractivity contribution >= 4 is 21.6 Å². The molecule has 1 atom stereocenters. The van der Waals surface area contributed by atoms with Gasteiger partial charge in [0.2, 0.25) is 0 Å². The molecule has 0 fully saturated rings. The number of hydrogen-bond acceptors (Lipinski definition) is 3. The van der Waals surface area contributed by atoms with E-state index in [2.05, 4.69) is 22.0 Å². The van der Waals surface area contributed by atoms with Crippen molar-refractivity contribution in [3.63, 3.8) is 0 Å². The molecular formula is C12H15BrN2O. The van der Waals surface area contributed by atoms with Crippen LogP contribution in [0.2, 0.25) is 0 Å². The van der Waals surface area contributed by atoms with Crippen LogP contribution in [0.25, 0.3) is 0 Å². The van der Waals surface area contributed by atoms with Gasteiger partial charge in [-0.25, -0.2) is 0 Å². The van der Waals surface area contributed by atoms with E-state index in [1.807, 2.05) is 37.1 Å². The molecule has 0 aliphatic heterocycles. The lowest BCUT2D eigenvalue weighted by Crippen LogP contribution is -2.23. The van der Waals surface area contributed by atoms with E-state index in [4.69, 9.17) is 10.4 Å². The molecule has 4 heteroatoms. The molecule has 1 aromatic rings. The Labute approximate surface area is 104 Å². The Kier molecular flexibility index (Phi) is 4.78. The van der Waals surface area contributed by atoms with E-state index < -0.39 is 0 Å². The van der Waals surface area contributed by atoms with Crippen LogP contribution in [0.15, 0.2) is 22.7 Å². The highest BCUT2D eigenvalue weighted by Crippen LogP contribution is 2.24. The third kappa shape index (κ3) is 3.22. The molecular weight excluding hydrogens is 268 g/mol. The van der Waals surface area contributed by atoms with E-state index in [1.54, 1.807) is 0 Å². The van der Waals surface area contributed by atoms with Gasteiger partial charge in [0, 0.05) is 23.8 Å². The highest BCUT2D eigenvalue weighted by atomic mass is 79.9. The molecule has 0 aliphatic carbocycles. The van der Waals surface area contributed by atoms with Gasteiger partial charge in [-0.2, -0.15) is 5.26 Å². The van der Waals surface area contributed by atoms with E-state index in [0.717, 1.165) is 15.7 Å². The predicted octanol–water partition coefficient (Wildman–Crippen LogP) is 2.54. The van der Waals surface area contributed by atoms with Crippen LogP contribution in [0.4, 0.5) is 5.69 Å². The van der Waals surface area contributed by atoms with Gasteiger partial charge in [0.1, 0.15) is 0 Å². The molecule has 16 heavy (non-hydrogen) atoms. The van der Waals surface area contributed by atoms with E-state index in [-0.39, 0.29) is 12.5 Å². The van der Waals surface area contributed by atoms with Crippen molar-refractivity contribution < 1.29 is 5.11 Å². The summed E-state index contributed by atoms with van der Waals surface area (Å²) in [7, 11) is 1.95.